The van der Waals surface area contributed by atoms with Crippen LogP contribution in [-0.2, 0) is 24.2 Å². The smallest absolute Gasteiger partial charge is 0.263 e. The molecule has 6 nitrogen and oxygen atoms in total. The normalized spacial score (nSPS) is 13.8. The summed E-state index contributed by atoms with van der Waals surface area (Å²) in [6.07, 6.45) is 5.58. The second-order valence-corrected chi connectivity index (χ2v) is 10.5. The minimum Gasteiger partial charge on any atom is -0.467 e. The van der Waals surface area contributed by atoms with Gasteiger partial charge in [-0.2, -0.15) is 0 Å². The fourth-order valence-electron chi connectivity index (χ4n) is 4.51. The van der Waals surface area contributed by atoms with Crippen molar-refractivity contribution in [3.05, 3.63) is 80.8 Å². The summed E-state index contributed by atoms with van der Waals surface area (Å²) >= 11 is 2.93. The van der Waals surface area contributed by atoms with Gasteiger partial charge in [0.05, 0.1) is 23.9 Å². The molecule has 3 aromatic heterocycles. The molecule has 1 atom stereocenters. The highest BCUT2D eigenvalue weighted by Gasteiger charge is 2.24. The van der Waals surface area contributed by atoms with Crippen LogP contribution in [0.25, 0.3) is 10.2 Å². The molecule has 1 aliphatic rings. The van der Waals surface area contributed by atoms with E-state index in [2.05, 4.69) is 24.4 Å². The van der Waals surface area contributed by atoms with Crippen molar-refractivity contribution >= 4 is 39.2 Å². The van der Waals surface area contributed by atoms with Gasteiger partial charge in [0.25, 0.3) is 5.56 Å². The Bertz CT molecular complexity index is 1340. The van der Waals surface area contributed by atoms with Gasteiger partial charge < -0.3 is 9.73 Å². The third-order valence-electron chi connectivity index (χ3n) is 6.33. The number of amides is 1. The maximum Gasteiger partial charge on any atom is 0.263 e. The third-order valence-corrected chi connectivity index (χ3v) is 8.49. The van der Waals surface area contributed by atoms with Crippen molar-refractivity contribution in [2.45, 2.75) is 50.2 Å². The molecule has 176 valence electrons. The molecule has 0 aliphatic heterocycles. The molecule has 0 bridgehead atoms. The Hall–Kier alpha value is -2.84. The van der Waals surface area contributed by atoms with Gasteiger partial charge in [-0.05, 0) is 48.9 Å². The zero-order valence-electron chi connectivity index (χ0n) is 19.1. The zero-order valence-corrected chi connectivity index (χ0v) is 20.7. The van der Waals surface area contributed by atoms with E-state index in [1.54, 1.807) is 22.2 Å². The Morgan fingerprint density at radius 2 is 2.09 bits per heavy atom. The topological polar surface area (TPSA) is 77.1 Å². The number of nitrogens with zero attached hydrogens (tertiary/aromatic N) is 2. The Morgan fingerprint density at radius 3 is 2.85 bits per heavy atom. The van der Waals surface area contributed by atoms with Gasteiger partial charge in [-0.3, -0.25) is 14.2 Å². The van der Waals surface area contributed by atoms with Gasteiger partial charge in [0.15, 0.2) is 5.16 Å². The number of fused-ring (bicyclic) bond motifs is 3. The Labute approximate surface area is 206 Å². The van der Waals surface area contributed by atoms with Crippen molar-refractivity contribution in [1.82, 2.24) is 14.9 Å². The monoisotopic (exact) mass is 493 g/mol. The summed E-state index contributed by atoms with van der Waals surface area (Å²) < 4.78 is 7.16. The molecule has 0 saturated carbocycles. The molecule has 0 spiro atoms. The molecule has 8 heteroatoms. The van der Waals surface area contributed by atoms with Crippen molar-refractivity contribution in [3.63, 3.8) is 0 Å². The number of hydrogen-bond donors (Lipinski definition) is 1. The molecule has 1 unspecified atom stereocenters. The van der Waals surface area contributed by atoms with Gasteiger partial charge in [-0.25, -0.2) is 4.98 Å². The van der Waals surface area contributed by atoms with E-state index in [9.17, 15) is 9.59 Å². The Morgan fingerprint density at radius 1 is 1.24 bits per heavy atom. The predicted molar refractivity (Wildman–Crippen MR) is 137 cm³/mol. The van der Waals surface area contributed by atoms with Crippen LogP contribution in [0.2, 0.25) is 0 Å². The first-order chi connectivity index (χ1) is 16.6. The molecule has 5 rings (SSSR count). The van der Waals surface area contributed by atoms with Crippen molar-refractivity contribution in [1.29, 1.82) is 0 Å². The number of carbonyl (C=O) groups is 1. The minimum absolute atomic E-state index is 0.0427. The first kappa shape index (κ1) is 22.9. The number of nitrogens with one attached hydrogen (secondary N) is 1. The van der Waals surface area contributed by atoms with Gasteiger partial charge in [0.1, 0.15) is 10.6 Å². The van der Waals surface area contributed by atoms with Crippen molar-refractivity contribution < 1.29 is 9.21 Å². The fraction of sp³-hybridized carbons (Fsp3) is 0.346. The molecule has 1 amide bonds. The number of thioether (sulfide) groups is 1. The lowest BCUT2D eigenvalue weighted by Crippen LogP contribution is -2.30. The molecule has 0 radical (unpaired) electrons. The van der Waals surface area contributed by atoms with Crippen LogP contribution in [0.3, 0.4) is 0 Å². The molecule has 0 fully saturated rings. The third kappa shape index (κ3) is 4.70. The lowest BCUT2D eigenvalue weighted by Gasteiger charge is -2.16. The second kappa shape index (κ2) is 10.2. The molecule has 1 N–H and O–H groups in total. The fourth-order valence-corrected chi connectivity index (χ4v) is 6.64. The predicted octanol–water partition coefficient (Wildman–Crippen LogP) is 4.99. The van der Waals surface area contributed by atoms with Crippen LogP contribution in [0.15, 0.2) is 63.1 Å². The van der Waals surface area contributed by atoms with Crippen LogP contribution in [0.4, 0.5) is 0 Å². The highest BCUT2D eigenvalue weighted by atomic mass is 32.2. The van der Waals surface area contributed by atoms with Crippen molar-refractivity contribution in [3.8, 4) is 0 Å². The lowest BCUT2D eigenvalue weighted by atomic mass is 9.96. The Balaban J connectivity index is 1.34. The van der Waals surface area contributed by atoms with Gasteiger partial charge in [-0.1, -0.05) is 49.0 Å². The van der Waals surface area contributed by atoms with Crippen LogP contribution < -0.4 is 10.9 Å². The summed E-state index contributed by atoms with van der Waals surface area (Å²) in [6, 6.07) is 13.9. The van der Waals surface area contributed by atoms with Crippen molar-refractivity contribution in [2.24, 2.45) is 0 Å². The first-order valence-corrected chi connectivity index (χ1v) is 13.5. The summed E-state index contributed by atoms with van der Waals surface area (Å²) in [6.45, 7) is 3.02. The number of rotatable bonds is 9. The number of hydrogen-bond acceptors (Lipinski definition) is 6. The van der Waals surface area contributed by atoms with E-state index in [1.807, 2.05) is 30.3 Å². The number of furan rings is 1. The van der Waals surface area contributed by atoms with E-state index in [-0.39, 0.29) is 23.1 Å². The molecule has 1 aliphatic carbocycles. The van der Waals surface area contributed by atoms with E-state index in [0.29, 0.717) is 24.0 Å². The number of aromatic nitrogens is 2. The van der Waals surface area contributed by atoms with Crippen LogP contribution in [-0.4, -0.2) is 27.8 Å². The summed E-state index contributed by atoms with van der Waals surface area (Å²) in [5.74, 6) is 1.10. The summed E-state index contributed by atoms with van der Waals surface area (Å²) in [4.78, 5) is 33.1. The molecule has 1 aromatic carbocycles. The zero-order chi connectivity index (χ0) is 23.5. The maximum atomic E-state index is 13.5. The summed E-state index contributed by atoms with van der Waals surface area (Å²) in [5, 5.41) is 4.36. The number of carbonyl (C=O) groups excluding carboxylic acids is 1. The van der Waals surface area contributed by atoms with Crippen LogP contribution >= 0.6 is 23.1 Å². The molecule has 0 saturated heterocycles. The minimum atomic E-state index is -0.0630. The van der Waals surface area contributed by atoms with E-state index in [4.69, 9.17) is 9.40 Å². The van der Waals surface area contributed by atoms with Crippen LogP contribution in [0.1, 0.15) is 47.4 Å². The van der Waals surface area contributed by atoms with E-state index >= 15 is 0 Å². The summed E-state index contributed by atoms with van der Waals surface area (Å²) in [7, 11) is 0. The van der Waals surface area contributed by atoms with Gasteiger partial charge >= 0.3 is 0 Å². The van der Waals surface area contributed by atoms with Crippen molar-refractivity contribution in [2.75, 3.05) is 12.3 Å². The lowest BCUT2D eigenvalue weighted by molar-refractivity contribution is -0.118. The van der Waals surface area contributed by atoms with E-state index in [1.165, 1.54) is 22.2 Å². The van der Waals surface area contributed by atoms with Gasteiger partial charge in [0, 0.05) is 17.3 Å². The quantitative estimate of drug-likeness (QED) is 0.263. The van der Waals surface area contributed by atoms with Gasteiger partial charge in [0.2, 0.25) is 5.91 Å². The Kier molecular flexibility index (Phi) is 6.87. The second-order valence-electron chi connectivity index (χ2n) is 8.51. The molecular weight excluding hydrogens is 466 g/mol. The molecule has 4 aromatic rings. The number of aryl methyl sites for hydroxylation is 2. The molecular formula is C26H27N3O3S2. The largest absolute Gasteiger partial charge is 0.467 e. The maximum absolute atomic E-state index is 13.5. The van der Waals surface area contributed by atoms with Crippen LogP contribution in [0, 0.1) is 0 Å². The molecule has 34 heavy (non-hydrogen) atoms. The highest BCUT2D eigenvalue weighted by Crippen LogP contribution is 2.35. The van der Waals surface area contributed by atoms with Crippen LogP contribution in [0.5, 0.6) is 0 Å². The average molecular weight is 494 g/mol. The highest BCUT2D eigenvalue weighted by molar-refractivity contribution is 7.99. The standard InChI is InChI=1S/C26H27N3O3S2/c1-2-17(18-8-4-3-5-9-18)14-27-22(30)16-33-26-28-24-23(20-11-6-12-21(20)34-24)25(31)29(26)15-19-10-7-13-32-19/h3-5,7-10,13,17H,2,6,11-12,14-16H2,1H3,(H,27,30). The molecule has 3 heterocycles. The van der Waals surface area contributed by atoms with E-state index < -0.39 is 0 Å². The van der Waals surface area contributed by atoms with Gasteiger partial charge in [-0.15, -0.1) is 11.3 Å². The number of thiophene rings is 1. The first-order valence-electron chi connectivity index (χ1n) is 11.7. The van der Waals surface area contributed by atoms with E-state index in [0.717, 1.165) is 41.5 Å². The SMILES string of the molecule is CCC(CNC(=O)CSc1nc2sc3c(c2c(=O)n1Cc1ccco1)CCC3)c1ccccc1. The number of benzene rings is 1. The summed E-state index contributed by atoms with van der Waals surface area (Å²) in [5.41, 5.74) is 2.34. The average Bonchev–Trinajstić information content (AvgIpc) is 3.59.